The molecular formula is C12H16ClNO2. The van der Waals surface area contributed by atoms with Crippen molar-refractivity contribution in [1.82, 2.24) is 4.98 Å². The van der Waals surface area contributed by atoms with E-state index in [1.54, 1.807) is 0 Å². The zero-order valence-corrected chi connectivity index (χ0v) is 10.2. The molecule has 1 saturated heterocycles. The summed E-state index contributed by atoms with van der Waals surface area (Å²) in [5.74, 6) is 1.69. The van der Waals surface area contributed by atoms with Gasteiger partial charge in [-0.05, 0) is 25.5 Å². The smallest absolute Gasteiger partial charge is 0.142 e. The van der Waals surface area contributed by atoms with Crippen LogP contribution in [0.1, 0.15) is 17.8 Å². The molecule has 1 aliphatic heterocycles. The van der Waals surface area contributed by atoms with E-state index in [0.29, 0.717) is 18.4 Å². The SMILES string of the molecule is Cc1ccc(OCC2CCOC2)c(CCl)n1. The summed E-state index contributed by atoms with van der Waals surface area (Å²) < 4.78 is 11.0. The number of ether oxygens (including phenoxy) is 2. The number of alkyl halides is 1. The molecule has 3 nitrogen and oxygen atoms in total. The maximum absolute atomic E-state index is 5.83. The van der Waals surface area contributed by atoms with Crippen LogP contribution in [0.25, 0.3) is 0 Å². The van der Waals surface area contributed by atoms with Crippen LogP contribution in [0, 0.1) is 12.8 Å². The third-order valence-electron chi connectivity index (χ3n) is 2.70. The van der Waals surface area contributed by atoms with E-state index in [0.717, 1.165) is 36.8 Å². The highest BCUT2D eigenvalue weighted by Gasteiger charge is 2.17. The van der Waals surface area contributed by atoms with E-state index < -0.39 is 0 Å². The number of hydrogen-bond donors (Lipinski definition) is 0. The number of pyridine rings is 1. The van der Waals surface area contributed by atoms with Gasteiger partial charge in [0.2, 0.25) is 0 Å². The largest absolute Gasteiger partial charge is 0.491 e. The Morgan fingerprint density at radius 1 is 1.56 bits per heavy atom. The first kappa shape index (κ1) is 11.7. The minimum atomic E-state index is 0.387. The Morgan fingerprint density at radius 3 is 3.12 bits per heavy atom. The molecular weight excluding hydrogens is 226 g/mol. The van der Waals surface area contributed by atoms with Crippen molar-refractivity contribution in [3.05, 3.63) is 23.5 Å². The fraction of sp³-hybridized carbons (Fsp3) is 0.583. The van der Waals surface area contributed by atoms with Gasteiger partial charge in [-0.2, -0.15) is 0 Å². The van der Waals surface area contributed by atoms with Crippen LogP contribution >= 0.6 is 11.6 Å². The van der Waals surface area contributed by atoms with Crippen LogP contribution in [0.15, 0.2) is 12.1 Å². The molecule has 1 aliphatic rings. The van der Waals surface area contributed by atoms with E-state index in [1.165, 1.54) is 0 Å². The summed E-state index contributed by atoms with van der Waals surface area (Å²) >= 11 is 5.83. The first-order chi connectivity index (χ1) is 7.79. The highest BCUT2D eigenvalue weighted by molar-refractivity contribution is 6.17. The molecule has 4 heteroatoms. The zero-order chi connectivity index (χ0) is 11.4. The lowest BCUT2D eigenvalue weighted by Gasteiger charge is -2.12. The molecule has 0 amide bonds. The van der Waals surface area contributed by atoms with E-state index in [4.69, 9.17) is 21.1 Å². The molecule has 2 rings (SSSR count). The van der Waals surface area contributed by atoms with Gasteiger partial charge < -0.3 is 9.47 Å². The molecule has 0 saturated carbocycles. The summed E-state index contributed by atoms with van der Waals surface area (Å²) in [6.07, 6.45) is 1.08. The van der Waals surface area contributed by atoms with Crippen molar-refractivity contribution < 1.29 is 9.47 Å². The predicted octanol–water partition coefficient (Wildman–Crippen LogP) is 2.54. The lowest BCUT2D eigenvalue weighted by Crippen LogP contribution is -2.12. The van der Waals surface area contributed by atoms with Gasteiger partial charge in [-0.1, -0.05) is 0 Å². The van der Waals surface area contributed by atoms with Crippen molar-refractivity contribution in [2.24, 2.45) is 5.92 Å². The third kappa shape index (κ3) is 2.86. The van der Waals surface area contributed by atoms with E-state index in [9.17, 15) is 0 Å². The number of aryl methyl sites for hydroxylation is 1. The van der Waals surface area contributed by atoms with Crippen molar-refractivity contribution in [3.63, 3.8) is 0 Å². The Labute approximate surface area is 101 Å². The Kier molecular flexibility index (Phi) is 4.02. The number of nitrogens with zero attached hydrogens (tertiary/aromatic N) is 1. The van der Waals surface area contributed by atoms with Crippen LogP contribution in [0.5, 0.6) is 5.75 Å². The monoisotopic (exact) mass is 241 g/mol. The van der Waals surface area contributed by atoms with Gasteiger partial charge in [0.25, 0.3) is 0 Å². The second-order valence-electron chi connectivity index (χ2n) is 4.07. The molecule has 0 aliphatic carbocycles. The minimum absolute atomic E-state index is 0.387. The second kappa shape index (κ2) is 5.51. The van der Waals surface area contributed by atoms with E-state index >= 15 is 0 Å². The molecule has 1 atom stereocenters. The first-order valence-corrected chi connectivity index (χ1v) is 6.06. The predicted molar refractivity (Wildman–Crippen MR) is 63.0 cm³/mol. The van der Waals surface area contributed by atoms with Crippen LogP contribution in [0.3, 0.4) is 0 Å². The average Bonchev–Trinajstić information content (AvgIpc) is 2.80. The van der Waals surface area contributed by atoms with Gasteiger partial charge in [-0.25, -0.2) is 0 Å². The van der Waals surface area contributed by atoms with Crippen molar-refractivity contribution >= 4 is 11.6 Å². The maximum Gasteiger partial charge on any atom is 0.142 e. The Morgan fingerprint density at radius 2 is 2.44 bits per heavy atom. The average molecular weight is 242 g/mol. The van der Waals surface area contributed by atoms with Crippen LogP contribution in [0.4, 0.5) is 0 Å². The Balaban J connectivity index is 1.97. The highest BCUT2D eigenvalue weighted by Crippen LogP contribution is 2.21. The van der Waals surface area contributed by atoms with Crippen LogP contribution in [0.2, 0.25) is 0 Å². The van der Waals surface area contributed by atoms with Gasteiger partial charge >= 0.3 is 0 Å². The lowest BCUT2D eigenvalue weighted by molar-refractivity contribution is 0.166. The fourth-order valence-corrected chi connectivity index (χ4v) is 1.94. The lowest BCUT2D eigenvalue weighted by atomic mass is 10.1. The summed E-state index contributed by atoms with van der Waals surface area (Å²) in [6, 6.07) is 3.88. The van der Waals surface area contributed by atoms with Crippen molar-refractivity contribution in [3.8, 4) is 5.75 Å². The molecule has 16 heavy (non-hydrogen) atoms. The summed E-state index contributed by atoms with van der Waals surface area (Å²) in [6.45, 7) is 4.29. The standard InChI is InChI=1S/C12H16ClNO2/c1-9-2-3-12(11(6-13)14-9)16-8-10-4-5-15-7-10/h2-3,10H,4-8H2,1H3. The number of aromatic nitrogens is 1. The summed E-state index contributed by atoms with van der Waals surface area (Å²) in [7, 11) is 0. The normalized spacial score (nSPS) is 20.0. The quantitative estimate of drug-likeness (QED) is 0.760. The first-order valence-electron chi connectivity index (χ1n) is 5.52. The molecule has 2 heterocycles. The molecule has 1 unspecified atom stereocenters. The molecule has 0 radical (unpaired) electrons. The Bertz CT molecular complexity index is 351. The molecule has 1 aromatic rings. The number of rotatable bonds is 4. The van der Waals surface area contributed by atoms with Crippen molar-refractivity contribution in [2.75, 3.05) is 19.8 Å². The van der Waals surface area contributed by atoms with Gasteiger partial charge in [0.05, 0.1) is 24.8 Å². The number of hydrogen-bond acceptors (Lipinski definition) is 3. The second-order valence-corrected chi connectivity index (χ2v) is 4.34. The summed E-state index contributed by atoms with van der Waals surface area (Å²) in [4.78, 5) is 4.35. The van der Waals surface area contributed by atoms with Gasteiger partial charge in [-0.3, -0.25) is 4.98 Å². The molecule has 0 aromatic carbocycles. The zero-order valence-electron chi connectivity index (χ0n) is 9.41. The topological polar surface area (TPSA) is 31.4 Å². The third-order valence-corrected chi connectivity index (χ3v) is 2.95. The molecule has 1 fully saturated rings. The highest BCUT2D eigenvalue weighted by atomic mass is 35.5. The van der Waals surface area contributed by atoms with Crippen molar-refractivity contribution in [1.29, 1.82) is 0 Å². The van der Waals surface area contributed by atoms with Gasteiger partial charge in [-0.15, -0.1) is 11.6 Å². The molecule has 1 aromatic heterocycles. The molecule has 0 bridgehead atoms. The van der Waals surface area contributed by atoms with Gasteiger partial charge in [0.1, 0.15) is 5.75 Å². The maximum atomic E-state index is 5.83. The van der Waals surface area contributed by atoms with Crippen molar-refractivity contribution in [2.45, 2.75) is 19.2 Å². The molecule has 0 N–H and O–H groups in total. The van der Waals surface area contributed by atoms with E-state index in [1.807, 2.05) is 19.1 Å². The van der Waals surface area contributed by atoms with Crippen LogP contribution < -0.4 is 4.74 Å². The Hall–Kier alpha value is -0.800. The summed E-state index contributed by atoms with van der Waals surface area (Å²) in [5, 5.41) is 0. The summed E-state index contributed by atoms with van der Waals surface area (Å²) in [5.41, 5.74) is 1.78. The van der Waals surface area contributed by atoms with Crippen LogP contribution in [-0.2, 0) is 10.6 Å². The van der Waals surface area contributed by atoms with Gasteiger partial charge in [0, 0.05) is 18.2 Å². The van der Waals surface area contributed by atoms with E-state index in [-0.39, 0.29) is 0 Å². The van der Waals surface area contributed by atoms with Gasteiger partial charge in [0.15, 0.2) is 0 Å². The fourth-order valence-electron chi connectivity index (χ4n) is 1.75. The molecule has 88 valence electrons. The number of halogens is 1. The minimum Gasteiger partial charge on any atom is -0.491 e. The van der Waals surface area contributed by atoms with E-state index in [2.05, 4.69) is 4.98 Å². The molecule has 0 spiro atoms. The van der Waals surface area contributed by atoms with Crippen LogP contribution in [-0.4, -0.2) is 24.8 Å².